The van der Waals surface area contributed by atoms with E-state index in [4.69, 9.17) is 39.6 Å². The molecule has 0 aromatic heterocycles. The second-order valence-corrected chi connectivity index (χ2v) is 3.46. The lowest BCUT2D eigenvalue weighted by atomic mass is 10.4. The molecular formula is C10H10Cl4O8. The van der Waals surface area contributed by atoms with Crippen LogP contribution in [0.3, 0.4) is 0 Å². The van der Waals surface area contributed by atoms with E-state index in [1.54, 1.807) is 0 Å². The highest BCUT2D eigenvalue weighted by Gasteiger charge is 1.72. The first-order chi connectivity index (χ1) is 9.93. The average Bonchev–Trinajstić information content (AvgIpc) is 2.28. The highest BCUT2D eigenvalue weighted by Crippen LogP contribution is 1.79. The summed E-state index contributed by atoms with van der Waals surface area (Å²) in [5.74, 6) is 0. The molecule has 0 amide bonds. The molecule has 0 aliphatic carbocycles. The van der Waals surface area contributed by atoms with Crippen LogP contribution in [0.1, 0.15) is 0 Å². The molecule has 1 rings (SSSR count). The Labute approximate surface area is 144 Å². The van der Waals surface area contributed by atoms with Crippen molar-refractivity contribution in [1.82, 2.24) is 0 Å². The van der Waals surface area contributed by atoms with Gasteiger partial charge in [0.15, 0.2) is 0 Å². The number of carbonyl (C=O) groups is 4. The van der Waals surface area contributed by atoms with E-state index >= 15 is 0 Å². The van der Waals surface area contributed by atoms with Gasteiger partial charge in [-0.25, -0.2) is 19.2 Å². The molecule has 0 spiro atoms. The fourth-order valence-corrected chi connectivity index (χ4v) is 0.385. The van der Waals surface area contributed by atoms with Crippen molar-refractivity contribution in [1.29, 1.82) is 0 Å². The minimum Gasteiger partial charge on any atom is -0.469 e. The Balaban J connectivity index is -0.0000000937. The molecule has 4 N–H and O–H groups in total. The van der Waals surface area contributed by atoms with Crippen LogP contribution in [0.25, 0.3) is 0 Å². The van der Waals surface area contributed by atoms with Crippen LogP contribution in [0.2, 0.25) is 0 Å². The Morgan fingerprint density at radius 3 is 0.545 bits per heavy atom. The smallest absolute Gasteiger partial charge is 0.401 e. The maximum Gasteiger partial charge on any atom is 0.401 e. The number of hydrogen-bond acceptors (Lipinski definition) is 4. The van der Waals surface area contributed by atoms with Gasteiger partial charge in [-0.3, -0.25) is 0 Å². The van der Waals surface area contributed by atoms with E-state index in [2.05, 4.69) is 46.4 Å². The van der Waals surface area contributed by atoms with E-state index in [9.17, 15) is 0 Å². The van der Waals surface area contributed by atoms with Crippen LogP contribution in [-0.2, 0) is 0 Å². The number of rotatable bonds is 0. The topological polar surface area (TPSA) is 149 Å². The zero-order valence-electron chi connectivity index (χ0n) is 10.4. The monoisotopic (exact) mass is 398 g/mol. The van der Waals surface area contributed by atoms with E-state index < -0.39 is 21.7 Å². The average molecular weight is 400 g/mol. The summed E-state index contributed by atoms with van der Waals surface area (Å²) >= 11 is 16.8. The minimum atomic E-state index is -1.36. The van der Waals surface area contributed by atoms with Gasteiger partial charge in [-0.2, -0.15) is 0 Å². The van der Waals surface area contributed by atoms with Gasteiger partial charge >= 0.3 is 21.7 Å². The largest absolute Gasteiger partial charge is 0.469 e. The van der Waals surface area contributed by atoms with Crippen molar-refractivity contribution in [2.24, 2.45) is 0 Å². The van der Waals surface area contributed by atoms with E-state index in [1.165, 1.54) is 0 Å². The fourth-order valence-electron chi connectivity index (χ4n) is 0.385. The summed E-state index contributed by atoms with van der Waals surface area (Å²) in [6.07, 6.45) is 0. The first kappa shape index (κ1) is 28.4. The number of carboxylic acid groups (broad SMARTS) is 4. The van der Waals surface area contributed by atoms with Crippen LogP contribution < -0.4 is 0 Å². The van der Waals surface area contributed by atoms with Gasteiger partial charge < -0.3 is 20.4 Å². The summed E-state index contributed by atoms with van der Waals surface area (Å²) in [5, 5.41) is 28.7. The van der Waals surface area contributed by atoms with Crippen LogP contribution in [0.15, 0.2) is 36.4 Å². The molecular weight excluding hydrogens is 390 g/mol. The molecule has 126 valence electrons. The van der Waals surface area contributed by atoms with Crippen LogP contribution in [-0.4, -0.2) is 42.1 Å². The normalized spacial score (nSPS) is 6.73. The molecule has 0 aliphatic rings. The van der Waals surface area contributed by atoms with Crippen LogP contribution in [0, 0.1) is 0 Å². The summed E-state index contributed by atoms with van der Waals surface area (Å²) < 4.78 is 0. The third-order valence-electron chi connectivity index (χ3n) is 0.667. The predicted molar refractivity (Wildman–Crippen MR) is 82.0 cm³/mol. The summed E-state index contributed by atoms with van der Waals surface area (Å²) in [5.41, 5.74) is -5.44. The molecule has 0 saturated heterocycles. The molecule has 0 unspecified atom stereocenters. The molecule has 8 nitrogen and oxygen atoms in total. The second-order valence-electron chi connectivity index (χ2n) is 2.17. The van der Waals surface area contributed by atoms with Gasteiger partial charge in [0, 0.05) is 46.4 Å². The molecule has 0 saturated carbocycles. The Kier molecular flexibility index (Phi) is 31.4. The van der Waals surface area contributed by atoms with E-state index in [-0.39, 0.29) is 0 Å². The molecule has 22 heavy (non-hydrogen) atoms. The highest BCUT2D eigenvalue weighted by atomic mass is 35.5. The third-order valence-corrected chi connectivity index (χ3v) is 0.667. The molecule has 0 bridgehead atoms. The van der Waals surface area contributed by atoms with Crippen molar-refractivity contribution in [3.05, 3.63) is 36.4 Å². The maximum atomic E-state index is 8.77. The molecule has 0 radical (unpaired) electrons. The molecule has 1 aromatic rings. The number of hydrogen-bond donors (Lipinski definition) is 4. The van der Waals surface area contributed by atoms with Crippen LogP contribution in [0.4, 0.5) is 19.2 Å². The van der Waals surface area contributed by atoms with Crippen molar-refractivity contribution >= 4 is 68.1 Å². The predicted octanol–water partition coefficient (Wildman–Crippen LogP) is 5.30. The SMILES string of the molecule is O=C(O)Cl.O=C(O)Cl.O=C(O)Cl.O=C(O)Cl.c1ccccc1. The zero-order valence-corrected chi connectivity index (χ0v) is 13.4. The van der Waals surface area contributed by atoms with Crippen molar-refractivity contribution < 1.29 is 39.6 Å². The van der Waals surface area contributed by atoms with Gasteiger partial charge in [-0.1, -0.05) is 36.4 Å². The standard InChI is InChI=1S/C6H6.4CHClO2/c1-2-4-6-5-3-1;4*2-1(3)4/h1-6H;4*(H,3,4). The molecule has 12 heteroatoms. The molecule has 0 atom stereocenters. The summed E-state index contributed by atoms with van der Waals surface area (Å²) in [6, 6.07) is 12.0. The Hall–Kier alpha value is -1.74. The molecule has 1 aromatic carbocycles. The summed E-state index contributed by atoms with van der Waals surface area (Å²) in [6.45, 7) is 0. The molecule has 0 fully saturated rings. The van der Waals surface area contributed by atoms with Crippen LogP contribution >= 0.6 is 46.4 Å². The van der Waals surface area contributed by atoms with Gasteiger partial charge in [0.25, 0.3) is 0 Å². The van der Waals surface area contributed by atoms with Gasteiger partial charge in [-0.05, 0) is 0 Å². The summed E-state index contributed by atoms with van der Waals surface area (Å²) in [7, 11) is 0. The van der Waals surface area contributed by atoms with Crippen molar-refractivity contribution in [2.75, 3.05) is 0 Å². The van der Waals surface area contributed by atoms with Gasteiger partial charge in [0.05, 0.1) is 0 Å². The quantitative estimate of drug-likeness (QED) is 0.429. The van der Waals surface area contributed by atoms with Gasteiger partial charge in [0.1, 0.15) is 0 Å². The number of halogens is 4. The van der Waals surface area contributed by atoms with E-state index in [0.29, 0.717) is 0 Å². The maximum absolute atomic E-state index is 8.77. The van der Waals surface area contributed by atoms with Gasteiger partial charge in [-0.15, -0.1) is 0 Å². The first-order valence-corrected chi connectivity index (χ1v) is 5.98. The zero-order chi connectivity index (χ0) is 18.6. The van der Waals surface area contributed by atoms with Gasteiger partial charge in [0.2, 0.25) is 0 Å². The lowest BCUT2D eigenvalue weighted by Gasteiger charge is -1.69. The second kappa shape index (κ2) is 24.3. The lowest BCUT2D eigenvalue weighted by molar-refractivity contribution is 0.219. The molecule has 0 aliphatic heterocycles. The van der Waals surface area contributed by atoms with Crippen LogP contribution in [0.5, 0.6) is 0 Å². The Bertz CT molecular complexity index is 322. The third kappa shape index (κ3) is 300. The Morgan fingerprint density at radius 2 is 0.500 bits per heavy atom. The lowest BCUT2D eigenvalue weighted by Crippen LogP contribution is -1.66. The summed E-state index contributed by atoms with van der Waals surface area (Å²) in [4.78, 5) is 35.1. The minimum absolute atomic E-state index is 1.36. The highest BCUT2D eigenvalue weighted by molar-refractivity contribution is 6.61. The van der Waals surface area contributed by atoms with E-state index in [0.717, 1.165) is 0 Å². The first-order valence-electron chi connectivity index (χ1n) is 4.47. The van der Waals surface area contributed by atoms with E-state index in [1.807, 2.05) is 36.4 Å². The number of benzene rings is 1. The van der Waals surface area contributed by atoms with Crippen molar-refractivity contribution in [3.8, 4) is 0 Å². The molecule has 0 heterocycles. The van der Waals surface area contributed by atoms with Crippen molar-refractivity contribution in [3.63, 3.8) is 0 Å². The van der Waals surface area contributed by atoms with Crippen molar-refractivity contribution in [2.45, 2.75) is 0 Å². The fraction of sp³-hybridized carbons (Fsp3) is 0. The Morgan fingerprint density at radius 1 is 0.455 bits per heavy atom.